The van der Waals surface area contributed by atoms with Gasteiger partial charge in [-0.1, -0.05) is 12.2 Å². The Bertz CT molecular complexity index is 609. The van der Waals surface area contributed by atoms with Gasteiger partial charge in [0.05, 0.1) is 11.8 Å². The first-order chi connectivity index (χ1) is 12.0. The third-order valence-electron chi connectivity index (χ3n) is 6.59. The van der Waals surface area contributed by atoms with E-state index in [9.17, 15) is 9.59 Å². The maximum Gasteiger partial charge on any atom is 0.340 e. The van der Waals surface area contributed by atoms with Crippen LogP contribution >= 0.6 is 34.8 Å². The third kappa shape index (κ3) is 3.06. The second-order valence-electron chi connectivity index (χ2n) is 9.12. The summed E-state index contributed by atoms with van der Waals surface area (Å²) in [5.74, 6) is 0.0336. The third-order valence-corrected chi connectivity index (χ3v) is 6.82. The van der Waals surface area contributed by atoms with Crippen LogP contribution in [0.25, 0.3) is 0 Å². The van der Waals surface area contributed by atoms with E-state index in [1.165, 1.54) is 0 Å². The van der Waals surface area contributed by atoms with Crippen LogP contribution in [0.15, 0.2) is 12.2 Å². The van der Waals surface area contributed by atoms with Crippen LogP contribution in [-0.2, 0) is 19.1 Å². The SMILES string of the molecule is CC(C)(C)OC(=O)C1C2CC(C1C(=O)OC(Cl)(Cl)Cl)C1C3C=CC(C3)C21. The summed E-state index contributed by atoms with van der Waals surface area (Å²) in [6.45, 7) is 5.49. The molecule has 144 valence electrons. The van der Waals surface area contributed by atoms with Crippen LogP contribution in [0, 0.1) is 47.3 Å². The Morgan fingerprint density at radius 3 is 1.73 bits per heavy atom. The largest absolute Gasteiger partial charge is 0.460 e. The molecule has 3 saturated carbocycles. The number of alkyl halides is 3. The van der Waals surface area contributed by atoms with Gasteiger partial charge in [-0.3, -0.25) is 9.59 Å². The number of allylic oxidation sites excluding steroid dienone is 2. The number of fused-ring (bicyclic) bond motifs is 9. The number of carbonyl (C=O) groups excluding carboxylic acids is 2. The predicted octanol–water partition coefficient (Wildman–Crippen LogP) is 4.52. The van der Waals surface area contributed by atoms with Gasteiger partial charge in [-0.15, -0.1) is 0 Å². The zero-order chi connectivity index (χ0) is 19.0. The van der Waals surface area contributed by atoms with E-state index in [0.29, 0.717) is 23.7 Å². The highest BCUT2D eigenvalue weighted by molar-refractivity contribution is 6.66. The summed E-state index contributed by atoms with van der Waals surface area (Å²) in [6.07, 6.45) is 6.52. The molecule has 4 rings (SSSR count). The topological polar surface area (TPSA) is 52.6 Å². The summed E-state index contributed by atoms with van der Waals surface area (Å²) in [7, 11) is 0. The van der Waals surface area contributed by atoms with Crippen molar-refractivity contribution in [3.8, 4) is 0 Å². The molecule has 0 heterocycles. The lowest BCUT2D eigenvalue weighted by Crippen LogP contribution is -2.46. The van der Waals surface area contributed by atoms with Crippen molar-refractivity contribution in [2.24, 2.45) is 47.3 Å². The molecule has 4 aliphatic carbocycles. The number of ether oxygens (including phenoxy) is 2. The van der Waals surface area contributed by atoms with Gasteiger partial charge in [0.2, 0.25) is 0 Å². The van der Waals surface area contributed by atoms with Crippen LogP contribution < -0.4 is 0 Å². The minimum Gasteiger partial charge on any atom is -0.460 e. The molecule has 26 heavy (non-hydrogen) atoms. The van der Waals surface area contributed by atoms with Gasteiger partial charge < -0.3 is 9.47 Å². The van der Waals surface area contributed by atoms with E-state index in [0.717, 1.165) is 12.8 Å². The predicted molar refractivity (Wildman–Crippen MR) is 98.5 cm³/mol. The fraction of sp³-hybridized carbons (Fsp3) is 0.789. The molecule has 4 nitrogen and oxygen atoms in total. The van der Waals surface area contributed by atoms with Gasteiger partial charge in [0.15, 0.2) is 0 Å². The lowest BCUT2D eigenvalue weighted by Gasteiger charge is -2.40. The number of carbonyl (C=O) groups is 2. The zero-order valence-corrected chi connectivity index (χ0v) is 17.2. The highest BCUT2D eigenvalue weighted by Crippen LogP contribution is 2.69. The van der Waals surface area contributed by atoms with Crippen molar-refractivity contribution < 1.29 is 19.1 Å². The molecule has 7 heteroatoms. The van der Waals surface area contributed by atoms with Gasteiger partial charge in [-0.2, -0.15) is 0 Å². The number of rotatable bonds is 2. The first-order valence-corrected chi connectivity index (χ1v) is 10.3. The molecule has 0 aromatic rings. The van der Waals surface area contributed by atoms with Crippen LogP contribution in [0.5, 0.6) is 0 Å². The summed E-state index contributed by atoms with van der Waals surface area (Å²) in [4.78, 5) is 25.8. The van der Waals surface area contributed by atoms with Gasteiger partial charge in [0.25, 0.3) is 0 Å². The molecule has 0 amide bonds. The summed E-state index contributed by atoms with van der Waals surface area (Å²) in [6, 6.07) is 0. The maximum atomic E-state index is 13.0. The fourth-order valence-corrected chi connectivity index (χ4v) is 6.46. The van der Waals surface area contributed by atoms with Crippen molar-refractivity contribution in [1.29, 1.82) is 0 Å². The quantitative estimate of drug-likeness (QED) is 0.285. The second-order valence-corrected chi connectivity index (χ2v) is 11.3. The lowest BCUT2D eigenvalue weighted by atomic mass is 9.65. The molecular formula is C19H23Cl3O4. The van der Waals surface area contributed by atoms with E-state index in [1.807, 2.05) is 20.8 Å². The monoisotopic (exact) mass is 420 g/mol. The van der Waals surface area contributed by atoms with Gasteiger partial charge in [0, 0.05) is 0 Å². The molecule has 0 spiro atoms. The fourth-order valence-electron chi connectivity index (χ4n) is 6.23. The van der Waals surface area contributed by atoms with E-state index in [2.05, 4.69) is 12.2 Å². The Morgan fingerprint density at radius 2 is 1.31 bits per heavy atom. The molecule has 8 unspecified atom stereocenters. The smallest absolute Gasteiger partial charge is 0.340 e. The van der Waals surface area contributed by atoms with Gasteiger partial charge >= 0.3 is 15.9 Å². The first-order valence-electron chi connectivity index (χ1n) is 9.17. The van der Waals surface area contributed by atoms with E-state index in [4.69, 9.17) is 44.3 Å². The Morgan fingerprint density at radius 1 is 0.846 bits per heavy atom. The summed E-state index contributed by atoms with van der Waals surface area (Å²) >= 11 is 17.0. The van der Waals surface area contributed by atoms with Crippen LogP contribution in [0.4, 0.5) is 0 Å². The van der Waals surface area contributed by atoms with E-state index < -0.39 is 27.4 Å². The molecule has 0 radical (unpaired) electrons. The Kier molecular flexibility index (Phi) is 4.38. The number of hydrogen-bond donors (Lipinski definition) is 0. The van der Waals surface area contributed by atoms with Crippen molar-refractivity contribution in [2.45, 2.75) is 43.2 Å². The average molecular weight is 422 g/mol. The molecule has 8 atom stereocenters. The van der Waals surface area contributed by atoms with Crippen molar-refractivity contribution in [2.75, 3.05) is 0 Å². The molecular weight excluding hydrogens is 399 g/mol. The minimum atomic E-state index is -2.12. The van der Waals surface area contributed by atoms with Crippen molar-refractivity contribution >= 4 is 46.7 Å². The highest BCUT2D eigenvalue weighted by atomic mass is 35.6. The Balaban J connectivity index is 1.65. The van der Waals surface area contributed by atoms with Crippen LogP contribution in [0.2, 0.25) is 0 Å². The van der Waals surface area contributed by atoms with E-state index >= 15 is 0 Å². The number of hydrogen-bond acceptors (Lipinski definition) is 4. The standard InChI is InChI=1S/C19H23Cl3O4/c1-18(2,3)25-16(23)14-10-7-11(15(14)17(24)26-19(20,21)22)13-9-5-4-8(6-9)12(10)13/h4-5,8-15H,6-7H2,1-3H3. The van der Waals surface area contributed by atoms with Crippen LogP contribution in [0.3, 0.4) is 0 Å². The van der Waals surface area contributed by atoms with E-state index in [-0.39, 0.29) is 17.8 Å². The molecule has 0 aliphatic heterocycles. The molecule has 0 aromatic heterocycles. The molecule has 0 saturated heterocycles. The molecule has 4 aliphatic rings. The second kappa shape index (κ2) is 6.02. The molecule has 0 aromatic carbocycles. The van der Waals surface area contributed by atoms with Gasteiger partial charge in [0.1, 0.15) is 5.60 Å². The normalized spacial score (nSPS) is 42.8. The zero-order valence-electron chi connectivity index (χ0n) is 15.0. The van der Waals surface area contributed by atoms with Crippen molar-refractivity contribution in [3.05, 3.63) is 12.2 Å². The molecule has 0 N–H and O–H groups in total. The van der Waals surface area contributed by atoms with Gasteiger partial charge in [-0.05, 0) is 104 Å². The number of esters is 2. The Hall–Kier alpha value is -0.450. The van der Waals surface area contributed by atoms with Crippen molar-refractivity contribution in [1.82, 2.24) is 0 Å². The van der Waals surface area contributed by atoms with Crippen molar-refractivity contribution in [3.63, 3.8) is 0 Å². The van der Waals surface area contributed by atoms with E-state index in [1.54, 1.807) is 0 Å². The van der Waals surface area contributed by atoms with Crippen LogP contribution in [-0.4, -0.2) is 21.5 Å². The first kappa shape index (κ1) is 18.9. The highest BCUT2D eigenvalue weighted by Gasteiger charge is 2.68. The maximum absolute atomic E-state index is 13.0. The summed E-state index contributed by atoms with van der Waals surface area (Å²) < 4.78 is 8.57. The minimum absolute atomic E-state index is 0.0855. The Labute approximate surface area is 168 Å². The number of halogens is 3. The molecule has 3 fully saturated rings. The lowest BCUT2D eigenvalue weighted by molar-refractivity contribution is -0.174. The van der Waals surface area contributed by atoms with Gasteiger partial charge in [-0.25, -0.2) is 0 Å². The average Bonchev–Trinajstić information content (AvgIpc) is 3.20. The molecule has 4 bridgehead atoms. The summed E-state index contributed by atoms with van der Waals surface area (Å²) in [5, 5.41) is 0. The van der Waals surface area contributed by atoms with Crippen LogP contribution in [0.1, 0.15) is 33.6 Å². The summed E-state index contributed by atoms with van der Waals surface area (Å²) in [5.41, 5.74) is -0.615.